The quantitative estimate of drug-likeness (QED) is 0.636. The number of pyridine rings is 1. The SMILES string of the molecule is CN(C(=O)c1cc(F)c(Cl)c(F)c1)C1COCc2[nH]c(=O)c3cc(F)ccc3c21. The molecule has 4 rings (SSSR count). The van der Waals surface area contributed by atoms with Gasteiger partial charge in [-0.3, -0.25) is 9.59 Å². The van der Waals surface area contributed by atoms with Crippen molar-refractivity contribution in [3.63, 3.8) is 0 Å². The van der Waals surface area contributed by atoms with Gasteiger partial charge in [0.15, 0.2) is 0 Å². The number of nitrogens with one attached hydrogen (secondary N) is 1. The number of halogens is 4. The Hall–Kier alpha value is -2.84. The van der Waals surface area contributed by atoms with Gasteiger partial charge in [0.1, 0.15) is 22.5 Å². The lowest BCUT2D eigenvalue weighted by atomic mass is 9.95. The van der Waals surface area contributed by atoms with Crippen LogP contribution >= 0.6 is 11.6 Å². The summed E-state index contributed by atoms with van der Waals surface area (Å²) in [6.07, 6.45) is 0. The number of carbonyl (C=O) groups is 1. The van der Waals surface area contributed by atoms with Crippen molar-refractivity contribution in [2.75, 3.05) is 13.7 Å². The number of rotatable bonds is 2. The normalized spacial score (nSPS) is 16.0. The number of nitrogens with zero attached hydrogens (tertiary/aromatic N) is 1. The Kier molecular flexibility index (Phi) is 4.84. The van der Waals surface area contributed by atoms with Crippen molar-refractivity contribution < 1.29 is 22.7 Å². The lowest BCUT2D eigenvalue weighted by molar-refractivity contribution is 0.0335. The van der Waals surface area contributed by atoms with Gasteiger partial charge in [-0.15, -0.1) is 0 Å². The number of hydrogen-bond donors (Lipinski definition) is 1. The second-order valence-corrected chi connectivity index (χ2v) is 7.12. The molecular formula is C20H14ClF3N2O3. The molecule has 0 bridgehead atoms. The third-order valence-electron chi connectivity index (χ3n) is 4.98. The summed E-state index contributed by atoms with van der Waals surface area (Å²) >= 11 is 5.48. The maximum Gasteiger partial charge on any atom is 0.256 e. The van der Waals surface area contributed by atoms with E-state index in [2.05, 4.69) is 4.98 Å². The predicted molar refractivity (Wildman–Crippen MR) is 100 cm³/mol. The molecule has 9 heteroatoms. The molecule has 0 saturated heterocycles. The zero-order valence-corrected chi connectivity index (χ0v) is 15.8. The number of amides is 1. The summed E-state index contributed by atoms with van der Waals surface area (Å²) < 4.78 is 46.7. The maximum atomic E-state index is 13.8. The summed E-state index contributed by atoms with van der Waals surface area (Å²) in [5.74, 6) is -3.33. The Bertz CT molecular complexity index is 1190. The number of aromatic amines is 1. The van der Waals surface area contributed by atoms with E-state index in [0.717, 1.165) is 18.2 Å². The molecule has 3 aromatic rings. The number of fused-ring (bicyclic) bond motifs is 3. The number of hydrogen-bond acceptors (Lipinski definition) is 3. The molecule has 0 aliphatic carbocycles. The fourth-order valence-electron chi connectivity index (χ4n) is 3.55. The fraction of sp³-hybridized carbons (Fsp3) is 0.200. The second kappa shape index (κ2) is 7.20. The fourth-order valence-corrected chi connectivity index (χ4v) is 3.66. The first-order valence-corrected chi connectivity index (χ1v) is 8.99. The van der Waals surface area contributed by atoms with Crippen molar-refractivity contribution in [2.45, 2.75) is 12.6 Å². The Morgan fingerprint density at radius 3 is 2.55 bits per heavy atom. The number of aromatic nitrogens is 1. The molecular weight excluding hydrogens is 409 g/mol. The molecule has 1 unspecified atom stereocenters. The molecule has 1 amide bonds. The van der Waals surface area contributed by atoms with E-state index >= 15 is 0 Å². The number of ether oxygens (including phenoxy) is 1. The average molecular weight is 423 g/mol. The molecule has 1 aliphatic rings. The third-order valence-corrected chi connectivity index (χ3v) is 5.34. The van der Waals surface area contributed by atoms with E-state index in [1.165, 1.54) is 24.1 Å². The molecule has 0 spiro atoms. The van der Waals surface area contributed by atoms with Crippen LogP contribution in [0.25, 0.3) is 10.8 Å². The van der Waals surface area contributed by atoms with E-state index in [1.807, 2.05) is 0 Å². The Morgan fingerprint density at radius 1 is 1.17 bits per heavy atom. The highest BCUT2D eigenvalue weighted by atomic mass is 35.5. The first-order valence-electron chi connectivity index (χ1n) is 8.61. The molecule has 0 fully saturated rings. The smallest absolute Gasteiger partial charge is 0.256 e. The Labute approximate surface area is 167 Å². The van der Waals surface area contributed by atoms with Crippen LogP contribution in [0.4, 0.5) is 13.2 Å². The van der Waals surface area contributed by atoms with Crippen LogP contribution in [0, 0.1) is 17.5 Å². The summed E-state index contributed by atoms with van der Waals surface area (Å²) in [5.41, 5.74) is 0.354. The highest BCUT2D eigenvalue weighted by Crippen LogP contribution is 2.34. The van der Waals surface area contributed by atoms with Crippen LogP contribution in [0.1, 0.15) is 27.7 Å². The van der Waals surface area contributed by atoms with E-state index in [9.17, 15) is 22.8 Å². The lowest BCUT2D eigenvalue weighted by Crippen LogP contribution is -2.37. The van der Waals surface area contributed by atoms with Gasteiger partial charge in [-0.1, -0.05) is 17.7 Å². The molecule has 2 aromatic carbocycles. The summed E-state index contributed by atoms with van der Waals surface area (Å²) in [5, 5.41) is -0.0761. The van der Waals surface area contributed by atoms with Crippen molar-refractivity contribution in [2.24, 2.45) is 0 Å². The molecule has 29 heavy (non-hydrogen) atoms. The number of carbonyl (C=O) groups excluding carboxylic acids is 1. The van der Waals surface area contributed by atoms with Gasteiger partial charge in [-0.2, -0.15) is 0 Å². The van der Waals surface area contributed by atoms with Crippen LogP contribution in [0.15, 0.2) is 35.1 Å². The summed E-state index contributed by atoms with van der Waals surface area (Å²) in [7, 11) is 1.45. The number of benzene rings is 2. The van der Waals surface area contributed by atoms with Crippen molar-refractivity contribution in [1.82, 2.24) is 9.88 Å². The monoisotopic (exact) mass is 422 g/mol. The minimum atomic E-state index is -1.05. The molecule has 1 aliphatic heterocycles. The van der Waals surface area contributed by atoms with Gasteiger partial charge in [-0.25, -0.2) is 13.2 Å². The molecule has 2 heterocycles. The first-order chi connectivity index (χ1) is 13.8. The standard InChI is InChI=1S/C20H14ClF3N2O3/c1-26(20(28)9-4-13(23)18(21)14(24)5-9)16-8-29-7-15-17(16)11-3-2-10(22)6-12(11)19(27)25-15/h2-6,16H,7-8H2,1H3,(H,25,27). The Morgan fingerprint density at radius 2 is 1.86 bits per heavy atom. The molecule has 1 aromatic heterocycles. The highest BCUT2D eigenvalue weighted by molar-refractivity contribution is 6.31. The lowest BCUT2D eigenvalue weighted by Gasteiger charge is -2.34. The van der Waals surface area contributed by atoms with Gasteiger partial charge in [0.2, 0.25) is 0 Å². The molecule has 0 radical (unpaired) electrons. The molecule has 1 atom stereocenters. The van der Waals surface area contributed by atoms with Gasteiger partial charge in [0.05, 0.1) is 24.6 Å². The van der Waals surface area contributed by atoms with Gasteiger partial charge < -0.3 is 14.6 Å². The van der Waals surface area contributed by atoms with Crippen molar-refractivity contribution >= 4 is 28.3 Å². The van der Waals surface area contributed by atoms with Gasteiger partial charge >= 0.3 is 0 Å². The summed E-state index contributed by atoms with van der Waals surface area (Å²) in [4.78, 5) is 29.1. The minimum absolute atomic E-state index is 0.0896. The van der Waals surface area contributed by atoms with Crippen LogP contribution < -0.4 is 5.56 Å². The maximum absolute atomic E-state index is 13.8. The van der Waals surface area contributed by atoms with Crippen molar-refractivity contribution in [3.05, 3.63) is 80.0 Å². The zero-order chi connectivity index (χ0) is 20.9. The summed E-state index contributed by atoms with van der Waals surface area (Å²) in [6, 6.07) is 4.85. The third kappa shape index (κ3) is 3.28. The van der Waals surface area contributed by atoms with Crippen LogP contribution in [-0.4, -0.2) is 29.4 Å². The first kappa shape index (κ1) is 19.5. The molecule has 5 nitrogen and oxygen atoms in total. The van der Waals surface area contributed by atoms with Crippen molar-refractivity contribution in [1.29, 1.82) is 0 Å². The highest BCUT2D eigenvalue weighted by Gasteiger charge is 2.31. The van der Waals surface area contributed by atoms with Crippen molar-refractivity contribution in [3.8, 4) is 0 Å². The van der Waals surface area contributed by atoms with Crippen LogP contribution in [-0.2, 0) is 11.3 Å². The minimum Gasteiger partial charge on any atom is -0.373 e. The largest absolute Gasteiger partial charge is 0.373 e. The van der Waals surface area contributed by atoms with E-state index in [1.54, 1.807) is 0 Å². The van der Waals surface area contributed by atoms with Crippen LogP contribution in [0.5, 0.6) is 0 Å². The average Bonchev–Trinajstić information content (AvgIpc) is 2.70. The predicted octanol–water partition coefficient (Wildman–Crippen LogP) is 3.94. The number of H-pyrrole nitrogens is 1. The molecule has 0 saturated carbocycles. The van der Waals surface area contributed by atoms with Crippen LogP contribution in [0.3, 0.4) is 0 Å². The molecule has 150 valence electrons. The zero-order valence-electron chi connectivity index (χ0n) is 15.1. The second-order valence-electron chi connectivity index (χ2n) is 6.74. The Balaban J connectivity index is 1.82. The molecule has 1 N–H and O–H groups in total. The van der Waals surface area contributed by atoms with Gasteiger partial charge in [0, 0.05) is 23.9 Å². The van der Waals surface area contributed by atoms with Gasteiger partial charge in [-0.05, 0) is 29.7 Å². The van der Waals surface area contributed by atoms with E-state index in [-0.39, 0.29) is 24.2 Å². The number of likely N-dealkylation sites (N-methyl/N-ethyl adjacent to an activating group) is 1. The summed E-state index contributed by atoms with van der Waals surface area (Å²) in [6.45, 7) is 0.201. The van der Waals surface area contributed by atoms with E-state index < -0.39 is 40.0 Å². The topological polar surface area (TPSA) is 62.4 Å². The van der Waals surface area contributed by atoms with E-state index in [4.69, 9.17) is 16.3 Å². The van der Waals surface area contributed by atoms with Gasteiger partial charge in [0.25, 0.3) is 11.5 Å². The van der Waals surface area contributed by atoms with E-state index in [0.29, 0.717) is 16.6 Å². The van der Waals surface area contributed by atoms with Crippen LogP contribution in [0.2, 0.25) is 5.02 Å².